The molecule has 1 fully saturated rings. The van der Waals surface area contributed by atoms with Crippen LogP contribution in [0.15, 0.2) is 36.5 Å². The van der Waals surface area contributed by atoms with Crippen molar-refractivity contribution in [1.82, 2.24) is 9.88 Å². The summed E-state index contributed by atoms with van der Waals surface area (Å²) in [4.78, 5) is 18.2. The van der Waals surface area contributed by atoms with Crippen LogP contribution in [0.5, 0.6) is 11.5 Å². The van der Waals surface area contributed by atoms with E-state index in [1.807, 2.05) is 4.90 Å². The van der Waals surface area contributed by atoms with E-state index in [1.165, 1.54) is 7.11 Å². The lowest BCUT2D eigenvalue weighted by Gasteiger charge is -2.41. The number of halogens is 4. The lowest BCUT2D eigenvalue weighted by Crippen LogP contribution is -2.42. The van der Waals surface area contributed by atoms with Gasteiger partial charge in [0, 0.05) is 42.4 Å². The summed E-state index contributed by atoms with van der Waals surface area (Å²) < 4.78 is 67.1. The van der Waals surface area contributed by atoms with Crippen molar-refractivity contribution in [3.8, 4) is 11.5 Å². The molecule has 1 saturated heterocycles. The van der Waals surface area contributed by atoms with Gasteiger partial charge >= 0.3 is 5.97 Å². The van der Waals surface area contributed by atoms with Crippen LogP contribution in [0.1, 0.15) is 49.4 Å². The monoisotopic (exact) mass is 563 g/mol. The molecule has 4 rings (SSSR count). The number of piperidine rings is 1. The second-order valence-electron chi connectivity index (χ2n) is 10.3. The highest BCUT2D eigenvalue weighted by atomic mass is 19.2. The summed E-state index contributed by atoms with van der Waals surface area (Å²) in [7, 11) is 1.53. The van der Waals surface area contributed by atoms with E-state index in [-0.39, 0.29) is 26.0 Å². The van der Waals surface area contributed by atoms with Crippen molar-refractivity contribution in [2.75, 3.05) is 33.4 Å². The number of hydrogen-bond donors (Lipinski definition) is 2. The van der Waals surface area contributed by atoms with Gasteiger partial charge in [-0.2, -0.15) is 4.39 Å². The van der Waals surface area contributed by atoms with Gasteiger partial charge in [-0.1, -0.05) is 0 Å². The fraction of sp³-hybridized carbons (Fsp3) is 0.448. The molecule has 216 valence electrons. The molecule has 1 aliphatic rings. The molecule has 0 aliphatic carbocycles. The molecule has 7 nitrogen and oxygen atoms in total. The van der Waals surface area contributed by atoms with Crippen LogP contribution in [-0.2, 0) is 11.3 Å². The predicted octanol–water partition coefficient (Wildman–Crippen LogP) is 5.55. The molecule has 0 bridgehead atoms. The van der Waals surface area contributed by atoms with E-state index in [9.17, 15) is 23.1 Å². The number of likely N-dealkylation sites (tertiary alicyclic amines) is 1. The number of aromatic nitrogens is 1. The standard InChI is InChI=1S/C29H33F4N3O4/c1-39-20-2-3-24-21(14-20)27(18(16-34)17-35-24)22(31)4-5-29(15-26(37)38)6-8-36(9-7-29)10-11-40-25-13-19(30)12-23(32)28(25)33/h2-3,12-14,17,22H,4-11,15-16,34H2,1H3,(H,37,38)/t22-/m0/s1. The number of ether oxygens (including phenoxy) is 2. The van der Waals surface area contributed by atoms with Gasteiger partial charge in [0.1, 0.15) is 24.3 Å². The third-order valence-corrected chi connectivity index (χ3v) is 7.73. The topological polar surface area (TPSA) is 97.9 Å². The quantitative estimate of drug-likeness (QED) is 0.220. The Balaban J connectivity index is 1.41. The molecule has 2 aromatic carbocycles. The molecule has 3 aromatic rings. The summed E-state index contributed by atoms with van der Waals surface area (Å²) in [6, 6.07) is 6.48. The number of nitrogens with two attached hydrogens (primary N) is 1. The first-order chi connectivity index (χ1) is 19.1. The minimum Gasteiger partial charge on any atom is -0.497 e. The van der Waals surface area contributed by atoms with E-state index < -0.39 is 40.8 Å². The van der Waals surface area contributed by atoms with Gasteiger partial charge in [0.05, 0.1) is 19.0 Å². The molecular weight excluding hydrogens is 530 g/mol. The minimum absolute atomic E-state index is 0.00125. The number of aliphatic carboxylic acids is 1. The Hall–Kier alpha value is -3.44. The van der Waals surface area contributed by atoms with E-state index in [0.717, 1.165) is 6.07 Å². The Morgan fingerprint density at radius 3 is 2.62 bits per heavy atom. The Labute approximate surface area is 229 Å². The molecule has 40 heavy (non-hydrogen) atoms. The van der Waals surface area contributed by atoms with Crippen molar-refractivity contribution in [1.29, 1.82) is 0 Å². The van der Waals surface area contributed by atoms with Crippen LogP contribution in [0.2, 0.25) is 0 Å². The number of methoxy groups -OCH3 is 1. The van der Waals surface area contributed by atoms with Crippen molar-refractivity contribution in [2.24, 2.45) is 11.1 Å². The highest BCUT2D eigenvalue weighted by Gasteiger charge is 2.37. The van der Waals surface area contributed by atoms with Gasteiger partial charge in [-0.05, 0) is 68.0 Å². The van der Waals surface area contributed by atoms with Gasteiger partial charge in [-0.25, -0.2) is 13.2 Å². The molecule has 1 aromatic heterocycles. The van der Waals surface area contributed by atoms with E-state index in [1.54, 1.807) is 24.4 Å². The number of rotatable bonds is 12. The van der Waals surface area contributed by atoms with Crippen molar-refractivity contribution in [3.63, 3.8) is 0 Å². The maximum atomic E-state index is 15.9. The number of carboxylic acids is 1. The first-order valence-corrected chi connectivity index (χ1v) is 13.2. The summed E-state index contributed by atoms with van der Waals surface area (Å²) in [5.41, 5.74) is 6.96. The molecule has 0 radical (unpaired) electrons. The Kier molecular flexibility index (Phi) is 9.47. The number of carboxylic acid groups (broad SMARTS) is 1. The predicted molar refractivity (Wildman–Crippen MR) is 141 cm³/mol. The Bertz CT molecular complexity index is 1340. The van der Waals surface area contributed by atoms with Crippen molar-refractivity contribution < 1.29 is 36.9 Å². The number of hydrogen-bond acceptors (Lipinski definition) is 6. The Morgan fingerprint density at radius 2 is 1.95 bits per heavy atom. The highest BCUT2D eigenvalue weighted by molar-refractivity contribution is 5.85. The number of fused-ring (bicyclic) bond motifs is 1. The largest absolute Gasteiger partial charge is 0.497 e. The first kappa shape index (κ1) is 29.5. The lowest BCUT2D eigenvalue weighted by molar-refractivity contribution is -0.141. The third-order valence-electron chi connectivity index (χ3n) is 7.73. The van der Waals surface area contributed by atoms with Gasteiger partial charge in [0.25, 0.3) is 0 Å². The summed E-state index contributed by atoms with van der Waals surface area (Å²) in [6.07, 6.45) is 1.61. The maximum absolute atomic E-state index is 15.9. The number of carbonyl (C=O) groups is 1. The van der Waals surface area contributed by atoms with Crippen LogP contribution < -0.4 is 15.2 Å². The van der Waals surface area contributed by atoms with Crippen molar-refractivity contribution in [3.05, 3.63) is 65.1 Å². The van der Waals surface area contributed by atoms with E-state index in [4.69, 9.17) is 15.2 Å². The number of alkyl halides is 1. The van der Waals surface area contributed by atoms with Crippen molar-refractivity contribution >= 4 is 16.9 Å². The molecule has 0 spiro atoms. The lowest BCUT2D eigenvalue weighted by atomic mass is 9.71. The first-order valence-electron chi connectivity index (χ1n) is 13.2. The molecule has 2 heterocycles. The average molecular weight is 564 g/mol. The van der Waals surface area contributed by atoms with Crippen LogP contribution in [0.3, 0.4) is 0 Å². The summed E-state index contributed by atoms with van der Waals surface area (Å²) in [5.74, 6) is -4.39. The molecule has 11 heteroatoms. The molecule has 0 saturated carbocycles. The second-order valence-corrected chi connectivity index (χ2v) is 10.3. The van der Waals surface area contributed by atoms with Crippen LogP contribution in [0, 0.1) is 22.9 Å². The summed E-state index contributed by atoms with van der Waals surface area (Å²) in [6.45, 7) is 1.52. The number of pyridine rings is 1. The third kappa shape index (κ3) is 6.82. The Morgan fingerprint density at radius 1 is 1.20 bits per heavy atom. The summed E-state index contributed by atoms with van der Waals surface area (Å²) >= 11 is 0. The van der Waals surface area contributed by atoms with Gasteiger partial charge in [0.2, 0.25) is 5.82 Å². The SMILES string of the molecule is COc1ccc2ncc(CN)c([C@@H](F)CCC3(CC(=O)O)CCN(CCOc4cc(F)cc(F)c4F)CC3)c2c1. The van der Waals surface area contributed by atoms with Crippen LogP contribution >= 0.6 is 0 Å². The van der Waals surface area contributed by atoms with Crippen molar-refractivity contribution in [2.45, 2.75) is 44.8 Å². The maximum Gasteiger partial charge on any atom is 0.303 e. The fourth-order valence-electron chi connectivity index (χ4n) is 5.48. The van der Waals surface area contributed by atoms with Gasteiger partial charge in [0.15, 0.2) is 11.6 Å². The van der Waals surface area contributed by atoms with E-state index in [0.29, 0.717) is 72.7 Å². The fourth-order valence-corrected chi connectivity index (χ4v) is 5.48. The highest BCUT2D eigenvalue weighted by Crippen LogP contribution is 2.43. The van der Waals surface area contributed by atoms with E-state index >= 15 is 4.39 Å². The summed E-state index contributed by atoms with van der Waals surface area (Å²) in [5, 5.41) is 10.3. The molecule has 0 unspecified atom stereocenters. The van der Waals surface area contributed by atoms with E-state index in [2.05, 4.69) is 4.98 Å². The zero-order valence-corrected chi connectivity index (χ0v) is 22.3. The van der Waals surface area contributed by atoms with Gasteiger partial charge in [-0.3, -0.25) is 14.7 Å². The van der Waals surface area contributed by atoms with Crippen LogP contribution in [0.25, 0.3) is 10.9 Å². The molecule has 1 atom stereocenters. The van der Waals surface area contributed by atoms with Gasteiger partial charge in [-0.15, -0.1) is 0 Å². The van der Waals surface area contributed by atoms with Crippen LogP contribution in [-0.4, -0.2) is 54.3 Å². The average Bonchev–Trinajstić information content (AvgIpc) is 2.94. The van der Waals surface area contributed by atoms with Gasteiger partial charge < -0.3 is 20.3 Å². The minimum atomic E-state index is -1.38. The zero-order valence-electron chi connectivity index (χ0n) is 22.3. The zero-order chi connectivity index (χ0) is 28.9. The smallest absolute Gasteiger partial charge is 0.303 e. The normalized spacial score (nSPS) is 16.1. The molecule has 1 aliphatic heterocycles. The molecule has 3 N–H and O–H groups in total. The molecule has 0 amide bonds. The molecular formula is C29H33F4N3O4. The second kappa shape index (κ2) is 12.8. The van der Waals surface area contributed by atoms with Crippen LogP contribution in [0.4, 0.5) is 17.6 Å². The number of nitrogens with zero attached hydrogens (tertiary/aromatic N) is 2. The number of benzene rings is 2.